The van der Waals surface area contributed by atoms with E-state index in [4.69, 9.17) is 27.9 Å². The van der Waals surface area contributed by atoms with E-state index in [9.17, 15) is 9.18 Å². The Labute approximate surface area is 193 Å². The first kappa shape index (κ1) is 21.9. The van der Waals surface area contributed by atoms with Gasteiger partial charge in [0.05, 0.1) is 11.6 Å². The molecule has 0 radical (unpaired) electrons. The van der Waals surface area contributed by atoms with Gasteiger partial charge in [0.15, 0.2) is 18.2 Å². The molecular formula is C22H18Cl2FN5O2. The number of rotatable bonds is 7. The van der Waals surface area contributed by atoms with Crippen LogP contribution in [0.1, 0.15) is 21.7 Å². The van der Waals surface area contributed by atoms with Crippen LogP contribution in [0.5, 0.6) is 5.75 Å². The summed E-state index contributed by atoms with van der Waals surface area (Å²) in [5.74, 6) is -0.00827. The van der Waals surface area contributed by atoms with Crippen molar-refractivity contribution in [3.05, 3.63) is 93.6 Å². The molecule has 0 saturated heterocycles. The molecule has 0 aliphatic heterocycles. The lowest BCUT2D eigenvalue weighted by molar-refractivity contribution is 0.101. The summed E-state index contributed by atoms with van der Waals surface area (Å²) in [5, 5.41) is 12.0. The summed E-state index contributed by atoms with van der Waals surface area (Å²) in [6, 6.07) is 14.8. The number of aromatic nitrogens is 4. The number of para-hydroxylation sites is 1. The van der Waals surface area contributed by atoms with Crippen molar-refractivity contribution in [2.75, 3.05) is 5.32 Å². The summed E-state index contributed by atoms with van der Waals surface area (Å²) in [6.45, 7) is 2.04. The Kier molecular flexibility index (Phi) is 6.43. The van der Waals surface area contributed by atoms with Crippen molar-refractivity contribution in [2.45, 2.75) is 20.2 Å². The smallest absolute Gasteiger partial charge is 0.277 e. The molecule has 2 aromatic heterocycles. The molecule has 0 spiro atoms. The number of ether oxygens (including phenoxy) is 1. The average molecular weight is 474 g/mol. The largest absolute Gasteiger partial charge is 0.470 e. The van der Waals surface area contributed by atoms with Gasteiger partial charge in [0, 0.05) is 28.5 Å². The van der Waals surface area contributed by atoms with Crippen LogP contribution in [0.15, 0.2) is 60.8 Å². The molecule has 2 aromatic carbocycles. The van der Waals surface area contributed by atoms with E-state index < -0.39 is 11.7 Å². The van der Waals surface area contributed by atoms with Crippen molar-refractivity contribution in [1.82, 2.24) is 19.6 Å². The third-order valence-electron chi connectivity index (χ3n) is 4.65. The minimum atomic E-state index is -0.435. The molecule has 0 aliphatic rings. The molecule has 32 heavy (non-hydrogen) atoms. The van der Waals surface area contributed by atoms with Gasteiger partial charge in [0.25, 0.3) is 5.91 Å². The third-order valence-corrected chi connectivity index (χ3v) is 5.32. The van der Waals surface area contributed by atoms with E-state index >= 15 is 0 Å². The van der Waals surface area contributed by atoms with E-state index in [1.807, 2.05) is 6.07 Å². The molecule has 0 atom stereocenters. The number of carbonyl (C=O) groups excluding carboxylic acids is 1. The molecule has 0 bridgehead atoms. The first-order valence-corrected chi connectivity index (χ1v) is 10.4. The van der Waals surface area contributed by atoms with E-state index in [0.717, 1.165) is 5.69 Å². The van der Waals surface area contributed by atoms with E-state index in [-0.39, 0.29) is 19.0 Å². The summed E-state index contributed by atoms with van der Waals surface area (Å²) in [6.07, 6.45) is 1.62. The zero-order valence-corrected chi connectivity index (χ0v) is 18.4. The summed E-state index contributed by atoms with van der Waals surface area (Å²) < 4.78 is 22.7. The fraction of sp³-hybridized carbons (Fsp3) is 0.136. The van der Waals surface area contributed by atoms with Gasteiger partial charge in [-0.2, -0.15) is 10.2 Å². The average Bonchev–Trinajstić information content (AvgIpc) is 3.37. The summed E-state index contributed by atoms with van der Waals surface area (Å²) >= 11 is 12.2. The van der Waals surface area contributed by atoms with E-state index in [1.165, 1.54) is 10.7 Å². The number of hydrogen-bond donors (Lipinski definition) is 1. The van der Waals surface area contributed by atoms with Gasteiger partial charge < -0.3 is 10.1 Å². The fourth-order valence-corrected chi connectivity index (χ4v) is 3.41. The zero-order chi connectivity index (χ0) is 22.7. The SMILES string of the molecule is Cc1cc(NC(=O)c2ccn(COc3ccccc3Cl)n2)nn1Cc1c(F)cccc1Cl. The second kappa shape index (κ2) is 9.42. The molecule has 0 fully saturated rings. The number of anilines is 1. The Morgan fingerprint density at radius 3 is 2.66 bits per heavy atom. The highest BCUT2D eigenvalue weighted by molar-refractivity contribution is 6.32. The zero-order valence-electron chi connectivity index (χ0n) is 16.9. The minimum Gasteiger partial charge on any atom is -0.470 e. The fourth-order valence-electron chi connectivity index (χ4n) is 3.00. The number of nitrogens with one attached hydrogen (secondary N) is 1. The van der Waals surface area contributed by atoms with Gasteiger partial charge in [-0.1, -0.05) is 41.4 Å². The van der Waals surface area contributed by atoms with Crippen LogP contribution < -0.4 is 10.1 Å². The predicted molar refractivity (Wildman–Crippen MR) is 120 cm³/mol. The monoisotopic (exact) mass is 473 g/mol. The molecule has 2 heterocycles. The van der Waals surface area contributed by atoms with Crippen molar-refractivity contribution in [1.29, 1.82) is 0 Å². The Bertz CT molecular complexity index is 1250. The normalized spacial score (nSPS) is 10.9. The van der Waals surface area contributed by atoms with Gasteiger partial charge in [-0.25, -0.2) is 9.07 Å². The molecule has 164 valence electrons. The van der Waals surface area contributed by atoms with Crippen LogP contribution in [0, 0.1) is 12.7 Å². The number of hydrogen-bond acceptors (Lipinski definition) is 4. The number of carbonyl (C=O) groups is 1. The Balaban J connectivity index is 1.40. The molecule has 0 saturated carbocycles. The van der Waals surface area contributed by atoms with Crippen LogP contribution in [0.3, 0.4) is 0 Å². The third kappa shape index (κ3) is 4.92. The van der Waals surface area contributed by atoms with Crippen LogP contribution in [0.2, 0.25) is 10.0 Å². The first-order valence-electron chi connectivity index (χ1n) is 9.60. The predicted octanol–water partition coefficient (Wildman–Crippen LogP) is 5.17. The maximum absolute atomic E-state index is 14.1. The second-order valence-electron chi connectivity index (χ2n) is 6.93. The summed E-state index contributed by atoms with van der Waals surface area (Å²) in [4.78, 5) is 12.6. The molecule has 4 aromatic rings. The van der Waals surface area contributed by atoms with Gasteiger partial charge >= 0.3 is 0 Å². The highest BCUT2D eigenvalue weighted by Crippen LogP contribution is 2.23. The maximum atomic E-state index is 14.1. The molecule has 0 aliphatic carbocycles. The van der Waals surface area contributed by atoms with E-state index in [2.05, 4.69) is 15.5 Å². The number of nitrogens with zero attached hydrogens (tertiary/aromatic N) is 4. The van der Waals surface area contributed by atoms with Gasteiger partial charge in [0.2, 0.25) is 0 Å². The number of aryl methyl sites for hydroxylation is 1. The molecule has 4 rings (SSSR count). The highest BCUT2D eigenvalue weighted by Gasteiger charge is 2.15. The Hall–Kier alpha value is -3.36. The Morgan fingerprint density at radius 1 is 1.09 bits per heavy atom. The van der Waals surface area contributed by atoms with Crippen LogP contribution in [-0.2, 0) is 13.3 Å². The van der Waals surface area contributed by atoms with Crippen LogP contribution >= 0.6 is 23.2 Å². The topological polar surface area (TPSA) is 74.0 Å². The molecular weight excluding hydrogens is 456 g/mol. The van der Waals surface area contributed by atoms with Gasteiger partial charge in [0.1, 0.15) is 11.6 Å². The number of benzene rings is 2. The van der Waals surface area contributed by atoms with E-state index in [1.54, 1.807) is 60.3 Å². The number of halogens is 3. The summed E-state index contributed by atoms with van der Waals surface area (Å²) in [5.41, 5.74) is 1.26. The number of amides is 1. The molecule has 7 nitrogen and oxygen atoms in total. The van der Waals surface area contributed by atoms with Gasteiger partial charge in [-0.15, -0.1) is 0 Å². The molecule has 0 unspecified atom stereocenters. The molecule has 10 heteroatoms. The standard InChI is InChI=1S/C22H18Cl2FN5O2/c1-14-11-21(28-30(14)12-15-16(23)6-4-7-18(15)25)26-22(31)19-9-10-29(27-19)13-32-20-8-3-2-5-17(20)24/h2-11H,12-13H2,1H3,(H,26,28,31). The van der Waals surface area contributed by atoms with Crippen molar-refractivity contribution < 1.29 is 13.9 Å². The van der Waals surface area contributed by atoms with Crippen molar-refractivity contribution in [3.63, 3.8) is 0 Å². The quantitative estimate of drug-likeness (QED) is 0.401. The minimum absolute atomic E-state index is 0.0914. The molecule has 1 amide bonds. The highest BCUT2D eigenvalue weighted by atomic mass is 35.5. The van der Waals surface area contributed by atoms with Gasteiger partial charge in [-0.3, -0.25) is 9.48 Å². The van der Waals surface area contributed by atoms with Crippen molar-refractivity contribution >= 4 is 34.9 Å². The van der Waals surface area contributed by atoms with E-state index in [0.29, 0.717) is 27.2 Å². The van der Waals surface area contributed by atoms with Crippen LogP contribution in [0.25, 0.3) is 0 Å². The Morgan fingerprint density at radius 2 is 1.88 bits per heavy atom. The van der Waals surface area contributed by atoms with Crippen LogP contribution in [0.4, 0.5) is 10.2 Å². The van der Waals surface area contributed by atoms with Crippen LogP contribution in [-0.4, -0.2) is 25.5 Å². The first-order chi connectivity index (χ1) is 15.4. The van der Waals surface area contributed by atoms with Crippen molar-refractivity contribution in [2.24, 2.45) is 0 Å². The summed E-state index contributed by atoms with van der Waals surface area (Å²) in [7, 11) is 0. The lowest BCUT2D eigenvalue weighted by atomic mass is 10.2. The van der Waals surface area contributed by atoms with Gasteiger partial charge in [-0.05, 0) is 37.3 Å². The maximum Gasteiger partial charge on any atom is 0.277 e. The molecule has 1 N–H and O–H groups in total. The second-order valence-corrected chi connectivity index (χ2v) is 7.74. The lowest BCUT2D eigenvalue weighted by Crippen LogP contribution is -2.15. The van der Waals surface area contributed by atoms with Crippen molar-refractivity contribution in [3.8, 4) is 5.75 Å². The lowest BCUT2D eigenvalue weighted by Gasteiger charge is -2.08.